The number of methoxy groups -OCH3 is 1. The van der Waals surface area contributed by atoms with E-state index in [1.54, 1.807) is 7.11 Å². The molecule has 0 aromatic heterocycles. The van der Waals surface area contributed by atoms with E-state index in [0.717, 1.165) is 12.2 Å². The van der Waals surface area contributed by atoms with E-state index in [1.807, 2.05) is 0 Å². The molecule has 0 aliphatic carbocycles. The molecule has 0 bridgehead atoms. The van der Waals surface area contributed by atoms with E-state index >= 15 is 0 Å². The molecule has 3 aromatic rings. The van der Waals surface area contributed by atoms with E-state index in [1.165, 1.54) is 35.1 Å². The van der Waals surface area contributed by atoms with Crippen molar-refractivity contribution < 1.29 is 4.74 Å². The molecule has 0 N–H and O–H groups in total. The van der Waals surface area contributed by atoms with Crippen molar-refractivity contribution in [3.05, 3.63) is 101 Å². The van der Waals surface area contributed by atoms with Gasteiger partial charge in [-0.05, 0) is 47.2 Å². The fourth-order valence-electron chi connectivity index (χ4n) is 3.40. The number of aryl methyl sites for hydroxylation is 1. The highest BCUT2D eigenvalue weighted by Gasteiger charge is 2.19. The molecule has 0 aliphatic heterocycles. The fraction of sp³-hybridized carbons (Fsp3) is 0.250. The molecule has 0 spiro atoms. The Kier molecular flexibility index (Phi) is 5.90. The fourth-order valence-corrected chi connectivity index (χ4v) is 3.40. The zero-order chi connectivity index (χ0) is 17.5. The number of unbranched alkanes of at least 4 members (excludes halogenated alkanes) is 1. The Morgan fingerprint density at radius 3 is 2.08 bits per heavy atom. The molecule has 1 nitrogen and oxygen atoms in total. The summed E-state index contributed by atoms with van der Waals surface area (Å²) in [5, 5.41) is 0. The summed E-state index contributed by atoms with van der Waals surface area (Å²) >= 11 is 0. The number of ether oxygens (including phenoxy) is 1. The average Bonchev–Trinajstić information content (AvgIpc) is 2.69. The second-order valence-corrected chi connectivity index (χ2v) is 6.42. The van der Waals surface area contributed by atoms with Crippen LogP contribution in [0, 0.1) is 0 Å². The molecule has 0 radical (unpaired) electrons. The highest BCUT2D eigenvalue weighted by Crippen LogP contribution is 2.35. The number of hydrogen-bond donors (Lipinski definition) is 0. The minimum absolute atomic E-state index is 0.250. The van der Waals surface area contributed by atoms with Crippen LogP contribution in [0.1, 0.15) is 47.9 Å². The Labute approximate surface area is 151 Å². The van der Waals surface area contributed by atoms with Crippen LogP contribution in [0.2, 0.25) is 0 Å². The van der Waals surface area contributed by atoms with Crippen LogP contribution in [0.15, 0.2) is 78.9 Å². The largest absolute Gasteiger partial charge is 0.497 e. The smallest absolute Gasteiger partial charge is 0.118 e. The summed E-state index contributed by atoms with van der Waals surface area (Å²) in [5.74, 6) is 1.15. The summed E-state index contributed by atoms with van der Waals surface area (Å²) in [5.41, 5.74) is 5.49. The lowest BCUT2D eigenvalue weighted by molar-refractivity contribution is 0.414. The summed E-state index contributed by atoms with van der Waals surface area (Å²) < 4.78 is 5.34. The summed E-state index contributed by atoms with van der Waals surface area (Å²) in [6.45, 7) is 2.25. The van der Waals surface area contributed by atoms with Crippen LogP contribution in [0.25, 0.3) is 0 Å². The standard InChI is InChI=1S/C24H26O/c1-3-4-10-19-11-8-9-14-23(19)24(20-12-6-5-7-13-20)21-15-17-22(25-2)18-16-21/h5-9,11-18,24H,3-4,10H2,1-2H3. The first kappa shape index (κ1) is 17.3. The number of hydrogen-bond acceptors (Lipinski definition) is 1. The first-order valence-corrected chi connectivity index (χ1v) is 9.10. The number of benzene rings is 3. The third-order valence-electron chi connectivity index (χ3n) is 4.75. The molecule has 0 fully saturated rings. The van der Waals surface area contributed by atoms with Gasteiger partial charge in [0.15, 0.2) is 0 Å². The molecule has 3 aromatic carbocycles. The molecule has 0 amide bonds. The van der Waals surface area contributed by atoms with Gasteiger partial charge >= 0.3 is 0 Å². The third-order valence-corrected chi connectivity index (χ3v) is 4.75. The molecule has 3 rings (SSSR count). The van der Waals surface area contributed by atoms with Gasteiger partial charge in [-0.15, -0.1) is 0 Å². The van der Waals surface area contributed by atoms with Crippen LogP contribution < -0.4 is 4.74 Å². The molecule has 1 unspecified atom stereocenters. The molecule has 128 valence electrons. The van der Waals surface area contributed by atoms with Crippen LogP contribution in [0.3, 0.4) is 0 Å². The molecular formula is C24H26O. The molecule has 0 aliphatic rings. The minimum atomic E-state index is 0.250. The van der Waals surface area contributed by atoms with Gasteiger partial charge in [-0.25, -0.2) is 0 Å². The van der Waals surface area contributed by atoms with Crippen molar-refractivity contribution in [2.45, 2.75) is 32.1 Å². The lowest BCUT2D eigenvalue weighted by atomic mass is 9.82. The van der Waals surface area contributed by atoms with E-state index in [9.17, 15) is 0 Å². The lowest BCUT2D eigenvalue weighted by Crippen LogP contribution is -2.07. The van der Waals surface area contributed by atoms with Gasteiger partial charge in [0.05, 0.1) is 7.11 Å². The normalized spacial score (nSPS) is 11.9. The monoisotopic (exact) mass is 330 g/mol. The maximum atomic E-state index is 5.34. The third kappa shape index (κ3) is 4.11. The Hall–Kier alpha value is -2.54. The SMILES string of the molecule is CCCCc1ccccc1C(c1ccccc1)c1ccc(OC)cc1. The van der Waals surface area contributed by atoms with E-state index in [2.05, 4.69) is 85.8 Å². The van der Waals surface area contributed by atoms with Crippen LogP contribution in [0.5, 0.6) is 5.75 Å². The molecule has 25 heavy (non-hydrogen) atoms. The summed E-state index contributed by atoms with van der Waals surface area (Å²) in [6, 6.07) is 28.2. The Morgan fingerprint density at radius 2 is 1.40 bits per heavy atom. The van der Waals surface area contributed by atoms with Gasteiger partial charge in [-0.2, -0.15) is 0 Å². The predicted molar refractivity (Wildman–Crippen MR) is 105 cm³/mol. The first-order chi connectivity index (χ1) is 12.3. The zero-order valence-corrected chi connectivity index (χ0v) is 15.1. The second-order valence-electron chi connectivity index (χ2n) is 6.42. The van der Waals surface area contributed by atoms with Crippen LogP contribution in [-0.4, -0.2) is 7.11 Å². The van der Waals surface area contributed by atoms with Crippen molar-refractivity contribution >= 4 is 0 Å². The van der Waals surface area contributed by atoms with E-state index in [4.69, 9.17) is 4.74 Å². The van der Waals surface area contributed by atoms with Crippen molar-refractivity contribution in [2.24, 2.45) is 0 Å². The maximum Gasteiger partial charge on any atom is 0.118 e. The average molecular weight is 330 g/mol. The van der Waals surface area contributed by atoms with Gasteiger partial charge in [0.2, 0.25) is 0 Å². The number of rotatable bonds is 7. The molecule has 0 saturated heterocycles. The molecular weight excluding hydrogens is 304 g/mol. The van der Waals surface area contributed by atoms with E-state index in [-0.39, 0.29) is 5.92 Å². The molecule has 0 saturated carbocycles. The second kappa shape index (κ2) is 8.53. The molecule has 0 heterocycles. The van der Waals surface area contributed by atoms with Gasteiger partial charge < -0.3 is 4.74 Å². The highest BCUT2D eigenvalue weighted by molar-refractivity contribution is 5.47. The quantitative estimate of drug-likeness (QED) is 0.467. The van der Waals surface area contributed by atoms with Gasteiger partial charge in [0.25, 0.3) is 0 Å². The van der Waals surface area contributed by atoms with Crippen molar-refractivity contribution in [1.82, 2.24) is 0 Å². The van der Waals surface area contributed by atoms with Crippen molar-refractivity contribution in [2.75, 3.05) is 7.11 Å². The minimum Gasteiger partial charge on any atom is -0.497 e. The maximum absolute atomic E-state index is 5.34. The van der Waals surface area contributed by atoms with Crippen LogP contribution >= 0.6 is 0 Å². The van der Waals surface area contributed by atoms with Gasteiger partial charge in [0, 0.05) is 5.92 Å². The van der Waals surface area contributed by atoms with Crippen molar-refractivity contribution in [1.29, 1.82) is 0 Å². The van der Waals surface area contributed by atoms with Crippen LogP contribution in [-0.2, 0) is 6.42 Å². The molecule has 1 heteroatoms. The Bertz CT molecular complexity index is 775. The van der Waals surface area contributed by atoms with Gasteiger partial charge in [-0.3, -0.25) is 0 Å². The predicted octanol–water partition coefficient (Wildman–Crippen LogP) is 6.22. The summed E-state index contributed by atoms with van der Waals surface area (Å²) in [7, 11) is 1.71. The van der Waals surface area contributed by atoms with Gasteiger partial charge in [0.1, 0.15) is 5.75 Å². The van der Waals surface area contributed by atoms with Gasteiger partial charge in [-0.1, -0.05) is 80.1 Å². The topological polar surface area (TPSA) is 9.23 Å². The zero-order valence-electron chi connectivity index (χ0n) is 15.1. The van der Waals surface area contributed by atoms with Crippen LogP contribution in [0.4, 0.5) is 0 Å². The summed E-state index contributed by atoms with van der Waals surface area (Å²) in [4.78, 5) is 0. The lowest BCUT2D eigenvalue weighted by Gasteiger charge is -2.22. The van der Waals surface area contributed by atoms with E-state index in [0.29, 0.717) is 0 Å². The first-order valence-electron chi connectivity index (χ1n) is 9.10. The molecule has 1 atom stereocenters. The highest BCUT2D eigenvalue weighted by atomic mass is 16.5. The van der Waals surface area contributed by atoms with E-state index < -0.39 is 0 Å². The summed E-state index contributed by atoms with van der Waals surface area (Å²) in [6.07, 6.45) is 3.57. The van der Waals surface area contributed by atoms with Crippen molar-refractivity contribution in [3.63, 3.8) is 0 Å². The Balaban J connectivity index is 2.08. The Morgan fingerprint density at radius 1 is 0.760 bits per heavy atom. The van der Waals surface area contributed by atoms with Crippen molar-refractivity contribution in [3.8, 4) is 5.75 Å².